The fourth-order valence-corrected chi connectivity index (χ4v) is 2.98. The van der Waals surface area contributed by atoms with Gasteiger partial charge in [0.1, 0.15) is 17.9 Å². The van der Waals surface area contributed by atoms with E-state index in [0.29, 0.717) is 11.3 Å². The van der Waals surface area contributed by atoms with E-state index >= 15 is 0 Å². The van der Waals surface area contributed by atoms with Gasteiger partial charge in [0.15, 0.2) is 0 Å². The highest BCUT2D eigenvalue weighted by Crippen LogP contribution is 2.30. The molecule has 1 saturated heterocycles. The summed E-state index contributed by atoms with van der Waals surface area (Å²) in [6.45, 7) is 3.76. The van der Waals surface area contributed by atoms with Gasteiger partial charge in [-0.1, -0.05) is 18.2 Å². The average Bonchev–Trinajstić information content (AvgIpc) is 2.87. The molecule has 1 fully saturated rings. The average molecular weight is 369 g/mol. The van der Waals surface area contributed by atoms with Crippen molar-refractivity contribution in [2.45, 2.75) is 19.4 Å². The molecule has 0 radical (unpaired) electrons. The third-order valence-corrected chi connectivity index (χ3v) is 4.60. The van der Waals surface area contributed by atoms with Gasteiger partial charge in [0.25, 0.3) is 11.6 Å². The molecule has 3 rings (SSSR count). The first-order valence-corrected chi connectivity index (χ1v) is 8.40. The van der Waals surface area contributed by atoms with Crippen molar-refractivity contribution in [2.24, 2.45) is 0 Å². The largest absolute Gasteiger partial charge is 0.491 e. The number of ether oxygens (including phenoxy) is 1. The Kier molecular flexibility index (Phi) is 4.81. The first-order valence-electron chi connectivity index (χ1n) is 8.40. The van der Waals surface area contributed by atoms with E-state index in [2.05, 4.69) is 5.32 Å². The zero-order valence-corrected chi connectivity index (χ0v) is 15.0. The van der Waals surface area contributed by atoms with Crippen LogP contribution in [0.5, 0.6) is 5.75 Å². The summed E-state index contributed by atoms with van der Waals surface area (Å²) in [5.41, 5.74) is 0.0938. The predicted octanol–water partition coefficient (Wildman–Crippen LogP) is 2.75. The molecule has 140 valence electrons. The Balaban J connectivity index is 1.70. The van der Waals surface area contributed by atoms with Crippen molar-refractivity contribution in [1.29, 1.82) is 0 Å². The van der Waals surface area contributed by atoms with E-state index in [1.165, 1.54) is 24.3 Å². The third kappa shape index (κ3) is 3.46. The monoisotopic (exact) mass is 369 g/mol. The number of rotatable bonds is 6. The number of urea groups is 1. The summed E-state index contributed by atoms with van der Waals surface area (Å²) >= 11 is 0. The molecule has 0 spiro atoms. The van der Waals surface area contributed by atoms with Crippen molar-refractivity contribution >= 4 is 17.6 Å². The zero-order chi connectivity index (χ0) is 19.6. The van der Waals surface area contributed by atoms with Crippen LogP contribution in [0, 0.1) is 17.0 Å². The van der Waals surface area contributed by atoms with Crippen molar-refractivity contribution < 1.29 is 19.2 Å². The first kappa shape index (κ1) is 18.4. The maximum atomic E-state index is 12.8. The maximum absolute atomic E-state index is 12.8. The number of amides is 3. The highest BCUT2D eigenvalue weighted by atomic mass is 16.6. The van der Waals surface area contributed by atoms with Gasteiger partial charge in [-0.3, -0.25) is 19.8 Å². The summed E-state index contributed by atoms with van der Waals surface area (Å²) in [7, 11) is 0. The van der Waals surface area contributed by atoms with Gasteiger partial charge in [-0.05, 0) is 43.2 Å². The molecule has 8 heteroatoms. The maximum Gasteiger partial charge on any atom is 0.325 e. The van der Waals surface area contributed by atoms with E-state index in [4.69, 9.17) is 4.74 Å². The minimum Gasteiger partial charge on any atom is -0.491 e. The van der Waals surface area contributed by atoms with Crippen LogP contribution in [0.4, 0.5) is 10.5 Å². The zero-order valence-electron chi connectivity index (χ0n) is 15.0. The van der Waals surface area contributed by atoms with Crippen molar-refractivity contribution in [3.8, 4) is 5.75 Å². The van der Waals surface area contributed by atoms with Gasteiger partial charge in [0.2, 0.25) is 0 Å². The molecule has 1 unspecified atom stereocenters. The number of benzene rings is 2. The number of hydrogen-bond acceptors (Lipinski definition) is 5. The highest BCUT2D eigenvalue weighted by Gasteiger charge is 2.48. The Morgan fingerprint density at radius 3 is 2.44 bits per heavy atom. The van der Waals surface area contributed by atoms with Gasteiger partial charge in [-0.15, -0.1) is 0 Å². The molecule has 8 nitrogen and oxygen atoms in total. The molecule has 3 amide bonds. The third-order valence-electron chi connectivity index (χ3n) is 4.60. The summed E-state index contributed by atoms with van der Waals surface area (Å²) in [6.07, 6.45) is 0. The Morgan fingerprint density at radius 1 is 1.15 bits per heavy atom. The van der Waals surface area contributed by atoms with Crippen molar-refractivity contribution in [2.75, 3.05) is 13.2 Å². The topological polar surface area (TPSA) is 102 Å². The molecule has 0 saturated carbocycles. The highest BCUT2D eigenvalue weighted by molar-refractivity contribution is 6.07. The normalized spacial score (nSPS) is 19.1. The molecule has 2 aromatic rings. The van der Waals surface area contributed by atoms with Crippen LogP contribution in [0.1, 0.15) is 18.1 Å². The molecule has 27 heavy (non-hydrogen) atoms. The van der Waals surface area contributed by atoms with Gasteiger partial charge in [-0.2, -0.15) is 0 Å². The summed E-state index contributed by atoms with van der Waals surface area (Å²) in [5, 5.41) is 13.5. The van der Waals surface area contributed by atoms with Gasteiger partial charge >= 0.3 is 6.03 Å². The summed E-state index contributed by atoms with van der Waals surface area (Å²) in [4.78, 5) is 36.5. The second kappa shape index (κ2) is 7.06. The molecule has 1 aliphatic rings. The number of nitrogens with zero attached hydrogens (tertiary/aromatic N) is 2. The molecule has 1 atom stereocenters. The molecular formula is C19H19N3O5. The standard InChI is InChI=1S/C19H19N3O5/c1-13-5-3-4-6-16(13)27-12-11-21-17(23)19(2,20-18(21)24)14-7-9-15(10-8-14)22(25)26/h3-10H,11-12H2,1-2H3,(H,20,24). The Labute approximate surface area is 155 Å². The number of hydrogen-bond donors (Lipinski definition) is 1. The molecule has 1 aliphatic heterocycles. The number of non-ortho nitro benzene ring substituents is 1. The lowest BCUT2D eigenvalue weighted by Gasteiger charge is -2.22. The molecule has 0 bridgehead atoms. The van der Waals surface area contributed by atoms with Gasteiger partial charge in [0.05, 0.1) is 11.5 Å². The lowest BCUT2D eigenvalue weighted by Crippen LogP contribution is -2.41. The van der Waals surface area contributed by atoms with E-state index in [0.717, 1.165) is 10.5 Å². The van der Waals surface area contributed by atoms with E-state index < -0.39 is 22.4 Å². The van der Waals surface area contributed by atoms with Crippen LogP contribution in [0.15, 0.2) is 48.5 Å². The van der Waals surface area contributed by atoms with E-state index in [1.54, 1.807) is 6.92 Å². The number of carbonyl (C=O) groups excluding carboxylic acids is 2. The number of nitrogens with one attached hydrogen (secondary N) is 1. The van der Waals surface area contributed by atoms with Crippen LogP contribution in [-0.2, 0) is 10.3 Å². The molecule has 1 N–H and O–H groups in total. The Hall–Kier alpha value is -3.42. The number of nitro groups is 1. The number of para-hydroxylation sites is 1. The molecular weight excluding hydrogens is 350 g/mol. The number of aryl methyl sites for hydroxylation is 1. The van der Waals surface area contributed by atoms with E-state index in [-0.39, 0.29) is 18.8 Å². The number of imide groups is 1. The SMILES string of the molecule is Cc1ccccc1OCCN1C(=O)NC(C)(c2ccc([N+](=O)[O-])cc2)C1=O. The second-order valence-corrected chi connectivity index (χ2v) is 6.43. The van der Waals surface area contributed by atoms with Crippen LogP contribution < -0.4 is 10.1 Å². The summed E-state index contributed by atoms with van der Waals surface area (Å²) in [5.74, 6) is 0.275. The summed E-state index contributed by atoms with van der Waals surface area (Å²) < 4.78 is 5.66. The van der Waals surface area contributed by atoms with Gasteiger partial charge < -0.3 is 10.1 Å². The molecule has 0 aromatic heterocycles. The fraction of sp³-hybridized carbons (Fsp3) is 0.263. The Bertz CT molecular complexity index is 896. The van der Waals surface area contributed by atoms with Crippen molar-refractivity contribution in [3.05, 3.63) is 69.8 Å². The van der Waals surface area contributed by atoms with Gasteiger partial charge in [-0.25, -0.2) is 4.79 Å². The molecule has 1 heterocycles. The smallest absolute Gasteiger partial charge is 0.325 e. The fourth-order valence-electron chi connectivity index (χ4n) is 2.98. The minimum atomic E-state index is -1.27. The molecule has 0 aliphatic carbocycles. The lowest BCUT2D eigenvalue weighted by molar-refractivity contribution is -0.384. The molecule has 2 aromatic carbocycles. The quantitative estimate of drug-likeness (QED) is 0.479. The van der Waals surface area contributed by atoms with Crippen molar-refractivity contribution in [1.82, 2.24) is 10.2 Å². The second-order valence-electron chi connectivity index (χ2n) is 6.43. The van der Waals surface area contributed by atoms with E-state index in [9.17, 15) is 19.7 Å². The van der Waals surface area contributed by atoms with Crippen LogP contribution in [-0.4, -0.2) is 34.9 Å². The van der Waals surface area contributed by atoms with Crippen LogP contribution >= 0.6 is 0 Å². The Morgan fingerprint density at radius 2 is 1.81 bits per heavy atom. The van der Waals surface area contributed by atoms with Crippen LogP contribution in [0.3, 0.4) is 0 Å². The van der Waals surface area contributed by atoms with Crippen molar-refractivity contribution in [3.63, 3.8) is 0 Å². The predicted molar refractivity (Wildman–Crippen MR) is 97.4 cm³/mol. The van der Waals surface area contributed by atoms with Crippen LogP contribution in [0.2, 0.25) is 0 Å². The van der Waals surface area contributed by atoms with Gasteiger partial charge in [0, 0.05) is 12.1 Å². The first-order chi connectivity index (χ1) is 12.8. The minimum absolute atomic E-state index is 0.0809. The number of carbonyl (C=O) groups is 2. The number of nitro benzene ring substituents is 1. The lowest BCUT2D eigenvalue weighted by atomic mass is 9.92. The van der Waals surface area contributed by atoms with E-state index in [1.807, 2.05) is 31.2 Å². The summed E-state index contributed by atoms with van der Waals surface area (Å²) in [6, 6.07) is 12.5. The van der Waals surface area contributed by atoms with Crippen LogP contribution in [0.25, 0.3) is 0 Å².